The maximum absolute atomic E-state index is 14.1. The second-order valence-corrected chi connectivity index (χ2v) is 9.50. The Balaban J connectivity index is 1.60. The first-order valence-corrected chi connectivity index (χ1v) is 11.7. The number of anilines is 1. The molecule has 1 spiro atoms. The van der Waals surface area contributed by atoms with Crippen molar-refractivity contribution in [3.63, 3.8) is 0 Å². The fraction of sp³-hybridized carbons (Fsp3) is 0.231. The van der Waals surface area contributed by atoms with Crippen LogP contribution in [0.15, 0.2) is 66.7 Å². The molecule has 2 aliphatic heterocycles. The summed E-state index contributed by atoms with van der Waals surface area (Å²) in [7, 11) is 1.58. The summed E-state index contributed by atoms with van der Waals surface area (Å²) < 4.78 is 18.9. The van der Waals surface area contributed by atoms with E-state index < -0.39 is 4.87 Å². The summed E-state index contributed by atoms with van der Waals surface area (Å²) in [6.45, 7) is 2.72. The molecule has 33 heavy (non-hydrogen) atoms. The van der Waals surface area contributed by atoms with Crippen LogP contribution < -0.4 is 9.64 Å². The van der Waals surface area contributed by atoms with Crippen molar-refractivity contribution in [2.75, 3.05) is 24.3 Å². The van der Waals surface area contributed by atoms with Gasteiger partial charge in [-0.1, -0.05) is 29.8 Å². The Morgan fingerprint density at radius 2 is 1.82 bits per heavy atom. The Labute approximate surface area is 196 Å². The molecular weight excluding hydrogens is 439 g/mol. The number of hydrogen-bond donors (Lipinski definition) is 0. The van der Waals surface area contributed by atoms with Crippen LogP contribution in [0.5, 0.6) is 5.75 Å². The molecule has 3 aromatic carbocycles. The third-order valence-corrected chi connectivity index (χ3v) is 7.62. The molecule has 0 unspecified atom stereocenters. The summed E-state index contributed by atoms with van der Waals surface area (Å²) in [6.07, 6.45) is 0. The Bertz CT molecular complexity index is 1230. The van der Waals surface area contributed by atoms with Crippen LogP contribution in [0.2, 0.25) is 0 Å². The molecule has 168 valence electrons. The van der Waals surface area contributed by atoms with Crippen molar-refractivity contribution in [2.45, 2.75) is 18.3 Å². The number of fused-ring (bicyclic) bond motifs is 2. The van der Waals surface area contributed by atoms with E-state index in [9.17, 15) is 14.0 Å². The van der Waals surface area contributed by atoms with Gasteiger partial charge in [0.2, 0.25) is 0 Å². The van der Waals surface area contributed by atoms with Gasteiger partial charge < -0.3 is 14.5 Å². The van der Waals surface area contributed by atoms with E-state index in [1.165, 1.54) is 23.9 Å². The van der Waals surface area contributed by atoms with Crippen molar-refractivity contribution in [2.24, 2.45) is 0 Å². The Morgan fingerprint density at radius 1 is 1.09 bits per heavy atom. The third-order valence-electron chi connectivity index (χ3n) is 6.20. The van der Waals surface area contributed by atoms with Gasteiger partial charge >= 0.3 is 0 Å². The topological polar surface area (TPSA) is 49.9 Å². The lowest BCUT2D eigenvalue weighted by Crippen LogP contribution is -2.50. The number of benzene rings is 3. The first-order chi connectivity index (χ1) is 15.9. The molecule has 1 fully saturated rings. The van der Waals surface area contributed by atoms with E-state index in [2.05, 4.69) is 0 Å². The zero-order valence-corrected chi connectivity index (χ0v) is 19.2. The van der Waals surface area contributed by atoms with Crippen molar-refractivity contribution < 1.29 is 18.7 Å². The third kappa shape index (κ3) is 3.47. The standard InChI is InChI=1S/C26H23FN2O3S/c1-17-3-7-19(8-4-17)24(30)29-13-14-33-26(29)22-15-21(32-2)11-12-23(22)28(25(26)31)16-18-5-9-20(27)10-6-18/h3-12,15H,13-14,16H2,1-2H3/t26-/m1/s1. The minimum absolute atomic E-state index is 0.168. The van der Waals surface area contributed by atoms with Crippen molar-refractivity contribution in [1.82, 2.24) is 4.90 Å². The highest BCUT2D eigenvalue weighted by Crippen LogP contribution is 2.55. The molecule has 0 bridgehead atoms. The van der Waals surface area contributed by atoms with Crippen LogP contribution in [-0.4, -0.2) is 36.1 Å². The number of carbonyl (C=O) groups excluding carboxylic acids is 2. The smallest absolute Gasteiger partial charge is 0.268 e. The average molecular weight is 463 g/mol. The number of aryl methyl sites for hydroxylation is 1. The molecule has 0 saturated carbocycles. The lowest BCUT2D eigenvalue weighted by Gasteiger charge is -2.33. The molecular formula is C26H23FN2O3S. The Morgan fingerprint density at radius 3 is 2.52 bits per heavy atom. The van der Waals surface area contributed by atoms with Gasteiger partial charge in [-0.3, -0.25) is 9.59 Å². The molecule has 0 aliphatic carbocycles. The monoisotopic (exact) mass is 462 g/mol. The van der Waals surface area contributed by atoms with Crippen LogP contribution in [0.1, 0.15) is 27.0 Å². The highest BCUT2D eigenvalue weighted by Gasteiger charge is 2.59. The number of halogens is 1. The average Bonchev–Trinajstić information content (AvgIpc) is 3.37. The molecule has 2 amide bonds. The number of thioether (sulfide) groups is 1. The number of ether oxygens (including phenoxy) is 1. The predicted octanol–water partition coefficient (Wildman–Crippen LogP) is 4.73. The first-order valence-electron chi connectivity index (χ1n) is 10.7. The van der Waals surface area contributed by atoms with Gasteiger partial charge in [-0.25, -0.2) is 4.39 Å². The lowest BCUT2D eigenvalue weighted by atomic mass is 10.0. The SMILES string of the molecule is COc1ccc2c(c1)[C@@]1(SCCN1C(=O)c1ccc(C)cc1)C(=O)N2Cc1ccc(F)cc1. The van der Waals surface area contributed by atoms with Crippen molar-refractivity contribution in [3.8, 4) is 5.75 Å². The normalized spacial score (nSPS) is 19.3. The second-order valence-electron chi connectivity index (χ2n) is 8.22. The van der Waals surface area contributed by atoms with Crippen LogP contribution in [0, 0.1) is 12.7 Å². The van der Waals surface area contributed by atoms with Crippen molar-refractivity contribution in [1.29, 1.82) is 0 Å². The number of rotatable bonds is 4. The van der Waals surface area contributed by atoms with Gasteiger partial charge in [0, 0.05) is 23.4 Å². The number of amides is 2. The molecule has 2 heterocycles. The zero-order chi connectivity index (χ0) is 23.2. The number of methoxy groups -OCH3 is 1. The fourth-order valence-electron chi connectivity index (χ4n) is 4.50. The summed E-state index contributed by atoms with van der Waals surface area (Å²) in [5.41, 5.74) is 3.91. The summed E-state index contributed by atoms with van der Waals surface area (Å²) in [4.78, 5) is 29.9. The molecule has 3 aromatic rings. The number of hydrogen-bond acceptors (Lipinski definition) is 4. The highest BCUT2D eigenvalue weighted by molar-refractivity contribution is 8.01. The van der Waals surface area contributed by atoms with Crippen molar-refractivity contribution in [3.05, 3.63) is 94.8 Å². The quantitative estimate of drug-likeness (QED) is 0.563. The van der Waals surface area contributed by atoms with E-state index in [4.69, 9.17) is 4.74 Å². The Kier molecular flexibility index (Phi) is 5.37. The Hall–Kier alpha value is -3.32. The number of nitrogens with zero attached hydrogens (tertiary/aromatic N) is 2. The maximum Gasteiger partial charge on any atom is 0.268 e. The summed E-state index contributed by atoms with van der Waals surface area (Å²) in [5.74, 6) is 0.600. The minimum atomic E-state index is -1.16. The zero-order valence-electron chi connectivity index (χ0n) is 18.4. The summed E-state index contributed by atoms with van der Waals surface area (Å²) >= 11 is 1.47. The largest absolute Gasteiger partial charge is 0.497 e. The molecule has 0 radical (unpaired) electrons. The van der Waals surface area contributed by atoms with Gasteiger partial charge in [0.1, 0.15) is 11.6 Å². The van der Waals surface area contributed by atoms with E-state index in [1.54, 1.807) is 41.2 Å². The van der Waals surface area contributed by atoms with Gasteiger partial charge in [0.25, 0.3) is 11.8 Å². The van der Waals surface area contributed by atoms with Crippen LogP contribution in [0.25, 0.3) is 0 Å². The number of carbonyl (C=O) groups is 2. The van der Waals surface area contributed by atoms with Gasteiger partial charge in [-0.15, -0.1) is 11.8 Å². The van der Waals surface area contributed by atoms with Gasteiger partial charge in [-0.05, 0) is 55.0 Å². The van der Waals surface area contributed by atoms with Crippen LogP contribution >= 0.6 is 11.8 Å². The van der Waals surface area contributed by atoms with E-state index in [0.29, 0.717) is 23.6 Å². The molecule has 5 nitrogen and oxygen atoms in total. The molecule has 2 aliphatic rings. The second kappa shape index (κ2) is 8.23. The van der Waals surface area contributed by atoms with E-state index in [0.717, 1.165) is 22.4 Å². The highest BCUT2D eigenvalue weighted by atomic mass is 32.2. The van der Waals surface area contributed by atoms with E-state index in [1.807, 2.05) is 37.3 Å². The molecule has 5 rings (SSSR count). The molecule has 1 saturated heterocycles. The van der Waals surface area contributed by atoms with Crippen LogP contribution in [0.4, 0.5) is 10.1 Å². The fourth-order valence-corrected chi connectivity index (χ4v) is 5.95. The molecule has 7 heteroatoms. The van der Waals surface area contributed by atoms with E-state index >= 15 is 0 Å². The summed E-state index contributed by atoms with van der Waals surface area (Å²) in [6, 6.07) is 19.1. The van der Waals surface area contributed by atoms with Crippen LogP contribution in [0.3, 0.4) is 0 Å². The molecule has 0 aromatic heterocycles. The van der Waals surface area contributed by atoms with Crippen LogP contribution in [-0.2, 0) is 16.2 Å². The van der Waals surface area contributed by atoms with Crippen molar-refractivity contribution >= 4 is 29.3 Å². The lowest BCUT2D eigenvalue weighted by molar-refractivity contribution is -0.123. The molecule has 0 N–H and O–H groups in total. The van der Waals surface area contributed by atoms with Gasteiger partial charge in [-0.2, -0.15) is 0 Å². The van der Waals surface area contributed by atoms with Gasteiger partial charge in [0.15, 0.2) is 4.87 Å². The minimum Gasteiger partial charge on any atom is -0.497 e. The predicted molar refractivity (Wildman–Crippen MR) is 127 cm³/mol. The first kappa shape index (κ1) is 21.5. The maximum atomic E-state index is 14.1. The van der Waals surface area contributed by atoms with E-state index in [-0.39, 0.29) is 24.2 Å². The summed E-state index contributed by atoms with van der Waals surface area (Å²) in [5, 5.41) is 0. The van der Waals surface area contributed by atoms with Gasteiger partial charge in [0.05, 0.1) is 19.3 Å². The molecule has 1 atom stereocenters.